The zero-order chi connectivity index (χ0) is 12.7. The van der Waals surface area contributed by atoms with Crippen LogP contribution in [0, 0.1) is 5.82 Å². The van der Waals surface area contributed by atoms with Gasteiger partial charge in [-0.2, -0.15) is 0 Å². The summed E-state index contributed by atoms with van der Waals surface area (Å²) in [5.74, 6) is -0.252. The first-order valence-corrected chi connectivity index (χ1v) is 6.48. The second-order valence-electron chi connectivity index (χ2n) is 4.44. The maximum absolute atomic E-state index is 13.3. The second-order valence-corrected chi connectivity index (χ2v) is 4.44. The van der Waals surface area contributed by atoms with Gasteiger partial charge in [-0.15, -0.1) is 0 Å². The average molecular weight is 238 g/mol. The quantitative estimate of drug-likeness (QED) is 0.732. The Labute approximate surface area is 104 Å². The molecule has 3 heteroatoms. The summed E-state index contributed by atoms with van der Waals surface area (Å²) >= 11 is 0. The number of nitrogens with two attached hydrogens (primary N) is 1. The van der Waals surface area contributed by atoms with Gasteiger partial charge in [0.25, 0.3) is 0 Å². The normalized spacial score (nSPS) is 10.5. The van der Waals surface area contributed by atoms with E-state index < -0.39 is 0 Å². The standard InChI is InChI=1S/C14H23FN2/c1-3-5-7-17(8-6-4-2)14-10-12(15)9-13(16)11-14/h9-11H,3-8,16H2,1-2H3. The van der Waals surface area contributed by atoms with E-state index in [4.69, 9.17) is 5.73 Å². The summed E-state index contributed by atoms with van der Waals surface area (Å²) in [6.45, 7) is 6.27. The van der Waals surface area contributed by atoms with E-state index >= 15 is 0 Å². The van der Waals surface area contributed by atoms with Crippen LogP contribution in [0.1, 0.15) is 39.5 Å². The third kappa shape index (κ3) is 4.63. The van der Waals surface area contributed by atoms with Crippen molar-refractivity contribution < 1.29 is 4.39 Å². The summed E-state index contributed by atoms with van der Waals surface area (Å²) in [6, 6.07) is 4.79. The molecule has 0 atom stereocenters. The molecule has 96 valence electrons. The van der Waals surface area contributed by atoms with Gasteiger partial charge in [-0.25, -0.2) is 4.39 Å². The molecule has 0 saturated heterocycles. The van der Waals surface area contributed by atoms with Gasteiger partial charge in [-0.1, -0.05) is 26.7 Å². The Bertz CT molecular complexity index is 311. The van der Waals surface area contributed by atoms with Crippen LogP contribution in [-0.4, -0.2) is 13.1 Å². The van der Waals surface area contributed by atoms with E-state index in [0.717, 1.165) is 44.5 Å². The highest BCUT2D eigenvalue weighted by molar-refractivity contribution is 5.56. The third-order valence-corrected chi connectivity index (χ3v) is 2.83. The predicted molar refractivity (Wildman–Crippen MR) is 72.8 cm³/mol. The third-order valence-electron chi connectivity index (χ3n) is 2.83. The topological polar surface area (TPSA) is 29.3 Å². The second kappa shape index (κ2) is 7.15. The number of hydrogen-bond donors (Lipinski definition) is 1. The summed E-state index contributed by atoms with van der Waals surface area (Å²) in [6.07, 6.45) is 4.54. The van der Waals surface area contributed by atoms with Gasteiger partial charge < -0.3 is 10.6 Å². The molecule has 0 unspecified atom stereocenters. The lowest BCUT2D eigenvalue weighted by Crippen LogP contribution is -2.25. The molecule has 0 aromatic heterocycles. The van der Waals surface area contributed by atoms with Crippen LogP contribution in [0.15, 0.2) is 18.2 Å². The van der Waals surface area contributed by atoms with E-state index in [1.165, 1.54) is 6.07 Å². The van der Waals surface area contributed by atoms with Gasteiger partial charge in [0.1, 0.15) is 5.82 Å². The Hall–Kier alpha value is -1.25. The van der Waals surface area contributed by atoms with Crippen LogP contribution in [0.25, 0.3) is 0 Å². The van der Waals surface area contributed by atoms with Gasteiger partial charge in [-0.05, 0) is 31.0 Å². The fourth-order valence-corrected chi connectivity index (χ4v) is 1.85. The molecule has 2 nitrogen and oxygen atoms in total. The summed E-state index contributed by atoms with van der Waals surface area (Å²) in [5, 5.41) is 0. The lowest BCUT2D eigenvalue weighted by Gasteiger charge is -2.25. The van der Waals surface area contributed by atoms with E-state index in [2.05, 4.69) is 18.7 Å². The number of benzene rings is 1. The molecule has 0 saturated carbocycles. The maximum Gasteiger partial charge on any atom is 0.127 e. The van der Waals surface area contributed by atoms with Crippen molar-refractivity contribution >= 4 is 11.4 Å². The minimum Gasteiger partial charge on any atom is -0.399 e. The fraction of sp³-hybridized carbons (Fsp3) is 0.571. The molecule has 0 spiro atoms. The molecule has 0 bridgehead atoms. The van der Waals surface area contributed by atoms with Crippen molar-refractivity contribution in [3.63, 3.8) is 0 Å². The van der Waals surface area contributed by atoms with E-state index in [0.29, 0.717) is 5.69 Å². The van der Waals surface area contributed by atoms with Gasteiger partial charge in [0.2, 0.25) is 0 Å². The number of nitrogen functional groups attached to an aromatic ring is 1. The van der Waals surface area contributed by atoms with Crippen LogP contribution in [-0.2, 0) is 0 Å². The maximum atomic E-state index is 13.3. The lowest BCUT2D eigenvalue weighted by atomic mass is 10.2. The Kier molecular flexibility index (Phi) is 5.81. The fourth-order valence-electron chi connectivity index (χ4n) is 1.85. The van der Waals surface area contributed by atoms with Gasteiger partial charge in [0, 0.05) is 24.5 Å². The lowest BCUT2D eigenvalue weighted by molar-refractivity contribution is 0.624. The van der Waals surface area contributed by atoms with Crippen molar-refractivity contribution in [1.82, 2.24) is 0 Å². The van der Waals surface area contributed by atoms with Crippen LogP contribution < -0.4 is 10.6 Å². The molecule has 1 rings (SSSR count). The minimum absolute atomic E-state index is 0.252. The SMILES string of the molecule is CCCCN(CCCC)c1cc(N)cc(F)c1. The molecule has 17 heavy (non-hydrogen) atoms. The van der Waals surface area contributed by atoms with Crippen molar-refractivity contribution in [2.24, 2.45) is 0 Å². The zero-order valence-corrected chi connectivity index (χ0v) is 10.9. The van der Waals surface area contributed by atoms with Crippen molar-refractivity contribution in [2.45, 2.75) is 39.5 Å². The first kappa shape index (κ1) is 13.8. The molecule has 0 radical (unpaired) electrons. The highest BCUT2D eigenvalue weighted by atomic mass is 19.1. The Morgan fingerprint density at radius 1 is 1.06 bits per heavy atom. The van der Waals surface area contributed by atoms with E-state index in [1.807, 2.05) is 6.07 Å². The molecule has 1 aromatic rings. The summed E-state index contributed by atoms with van der Waals surface area (Å²) < 4.78 is 13.3. The van der Waals surface area contributed by atoms with Crippen LogP contribution in [0.4, 0.5) is 15.8 Å². The van der Waals surface area contributed by atoms with Gasteiger partial charge in [0.15, 0.2) is 0 Å². The smallest absolute Gasteiger partial charge is 0.127 e. The Morgan fingerprint density at radius 3 is 2.12 bits per heavy atom. The zero-order valence-electron chi connectivity index (χ0n) is 10.9. The van der Waals surface area contributed by atoms with Crippen molar-refractivity contribution in [2.75, 3.05) is 23.7 Å². The predicted octanol–water partition coefficient (Wildman–Crippen LogP) is 3.81. The number of rotatable bonds is 7. The molecular weight excluding hydrogens is 215 g/mol. The number of unbranched alkanes of at least 4 members (excludes halogenated alkanes) is 2. The number of halogens is 1. The largest absolute Gasteiger partial charge is 0.399 e. The molecule has 0 aliphatic heterocycles. The minimum atomic E-state index is -0.252. The highest BCUT2D eigenvalue weighted by Crippen LogP contribution is 2.21. The van der Waals surface area contributed by atoms with Crippen molar-refractivity contribution in [3.05, 3.63) is 24.0 Å². The summed E-state index contributed by atoms with van der Waals surface area (Å²) in [4.78, 5) is 2.23. The number of nitrogens with zero attached hydrogens (tertiary/aromatic N) is 1. The summed E-state index contributed by atoms with van der Waals surface area (Å²) in [7, 11) is 0. The first-order valence-electron chi connectivity index (χ1n) is 6.48. The summed E-state index contributed by atoms with van der Waals surface area (Å²) in [5.41, 5.74) is 7.09. The first-order chi connectivity index (χ1) is 8.17. The Balaban J connectivity index is 2.78. The van der Waals surface area contributed by atoms with Gasteiger partial charge in [-0.3, -0.25) is 0 Å². The van der Waals surface area contributed by atoms with E-state index in [9.17, 15) is 4.39 Å². The Morgan fingerprint density at radius 2 is 1.65 bits per heavy atom. The van der Waals surface area contributed by atoms with E-state index in [-0.39, 0.29) is 5.82 Å². The molecule has 0 aliphatic rings. The number of hydrogen-bond acceptors (Lipinski definition) is 2. The average Bonchev–Trinajstić information content (AvgIpc) is 2.28. The molecule has 0 fully saturated rings. The molecule has 0 heterocycles. The molecule has 1 aromatic carbocycles. The highest BCUT2D eigenvalue weighted by Gasteiger charge is 2.07. The molecule has 0 aliphatic carbocycles. The van der Waals surface area contributed by atoms with Crippen LogP contribution in [0.5, 0.6) is 0 Å². The molecular formula is C14H23FN2. The number of anilines is 2. The van der Waals surface area contributed by atoms with Gasteiger partial charge >= 0.3 is 0 Å². The monoisotopic (exact) mass is 238 g/mol. The molecule has 2 N–H and O–H groups in total. The van der Waals surface area contributed by atoms with E-state index in [1.54, 1.807) is 6.07 Å². The van der Waals surface area contributed by atoms with Gasteiger partial charge in [0.05, 0.1) is 0 Å². The van der Waals surface area contributed by atoms with Crippen LogP contribution in [0.2, 0.25) is 0 Å². The van der Waals surface area contributed by atoms with Crippen LogP contribution >= 0.6 is 0 Å². The van der Waals surface area contributed by atoms with Crippen molar-refractivity contribution in [3.8, 4) is 0 Å². The van der Waals surface area contributed by atoms with Crippen molar-refractivity contribution in [1.29, 1.82) is 0 Å². The van der Waals surface area contributed by atoms with Crippen LogP contribution in [0.3, 0.4) is 0 Å². The molecule has 0 amide bonds.